The van der Waals surface area contributed by atoms with Crippen LogP contribution >= 0.6 is 0 Å². The number of fused-ring (bicyclic) bond motifs is 2. The summed E-state index contributed by atoms with van der Waals surface area (Å²) in [5.74, 6) is -2.13. The van der Waals surface area contributed by atoms with E-state index in [9.17, 15) is 14.4 Å². The number of rotatable bonds is 10. The summed E-state index contributed by atoms with van der Waals surface area (Å²) in [6, 6.07) is 6.64. The number of aliphatic hydroxyl groups is 1. The molecule has 200 valence electrons. The zero-order valence-corrected chi connectivity index (χ0v) is 21.6. The summed E-state index contributed by atoms with van der Waals surface area (Å²) in [4.78, 5) is 42.5. The van der Waals surface area contributed by atoms with Crippen LogP contribution in [0.25, 0.3) is 11.0 Å². The first-order valence-corrected chi connectivity index (χ1v) is 13.2. The average molecular weight is 513 g/mol. The van der Waals surface area contributed by atoms with Gasteiger partial charge in [-0.2, -0.15) is 0 Å². The fraction of sp³-hybridized carbons (Fsp3) is 0.654. The van der Waals surface area contributed by atoms with Gasteiger partial charge in [-0.25, -0.2) is 4.68 Å². The Bertz CT molecular complexity index is 1200. The normalized spacial score (nSPS) is 32.2. The molecule has 0 radical (unpaired) electrons. The standard InChI is InChI=1S/C26H36N6O5/c1-16-14-26-20(19(22(34)27-3)25(16,2)37-26)24(36)31(12-8-4-5-9-13-33)21(26)23(35)28-15-32-18-11-7-6-10-17(18)29-30-32/h6-7,10-11,16,19-21,33H,4-5,8-9,12-15H2,1-3H3,(H,27,34)(H,28,35)/t16?,19-,20-,21?,25+,26?/m0/s1. The number of hydrogen-bond acceptors (Lipinski definition) is 7. The zero-order valence-electron chi connectivity index (χ0n) is 21.6. The Morgan fingerprint density at radius 1 is 1.19 bits per heavy atom. The minimum atomic E-state index is -1.07. The van der Waals surface area contributed by atoms with Crippen molar-refractivity contribution in [1.29, 1.82) is 0 Å². The second-order valence-electron chi connectivity index (χ2n) is 10.8. The molecule has 3 aliphatic rings. The van der Waals surface area contributed by atoms with Gasteiger partial charge < -0.3 is 25.4 Å². The van der Waals surface area contributed by atoms with Crippen molar-refractivity contribution in [2.24, 2.45) is 17.8 Å². The van der Waals surface area contributed by atoms with Crippen molar-refractivity contribution < 1.29 is 24.2 Å². The van der Waals surface area contributed by atoms with Crippen molar-refractivity contribution in [3.8, 4) is 0 Å². The van der Waals surface area contributed by atoms with Gasteiger partial charge in [-0.3, -0.25) is 14.4 Å². The van der Waals surface area contributed by atoms with Crippen LogP contribution in [-0.2, 0) is 25.8 Å². The van der Waals surface area contributed by atoms with Crippen LogP contribution in [-0.4, -0.2) is 80.2 Å². The van der Waals surface area contributed by atoms with Crippen molar-refractivity contribution in [2.75, 3.05) is 20.2 Å². The molecule has 6 atom stereocenters. The third kappa shape index (κ3) is 3.90. The Morgan fingerprint density at radius 3 is 2.70 bits per heavy atom. The molecule has 3 fully saturated rings. The monoisotopic (exact) mass is 512 g/mol. The molecule has 3 N–H and O–H groups in total. The fourth-order valence-electron chi connectivity index (χ4n) is 6.87. The van der Waals surface area contributed by atoms with Gasteiger partial charge in [0.15, 0.2) is 0 Å². The summed E-state index contributed by atoms with van der Waals surface area (Å²) >= 11 is 0. The SMILES string of the molecule is CNC(=O)[C@@H]1[C@H]2C(=O)N(CCCCCCO)C(C(=O)NCn3nnc4ccccc43)C23CC(C)[C@@]1(C)O3. The number of hydrogen-bond donors (Lipinski definition) is 3. The molecule has 1 spiro atoms. The van der Waals surface area contributed by atoms with Gasteiger partial charge in [0.2, 0.25) is 17.7 Å². The predicted octanol–water partition coefficient (Wildman–Crippen LogP) is 0.814. The Morgan fingerprint density at radius 2 is 1.95 bits per heavy atom. The Balaban J connectivity index is 1.44. The molecule has 0 aliphatic carbocycles. The van der Waals surface area contributed by atoms with Gasteiger partial charge >= 0.3 is 0 Å². The van der Waals surface area contributed by atoms with Crippen LogP contribution in [0.4, 0.5) is 0 Å². The lowest BCUT2D eigenvalue weighted by molar-refractivity contribution is -0.147. The lowest BCUT2D eigenvalue weighted by Crippen LogP contribution is -2.56. The number of para-hydroxylation sites is 1. The largest absolute Gasteiger partial charge is 0.396 e. The zero-order chi connectivity index (χ0) is 26.4. The number of carbonyl (C=O) groups is 3. The van der Waals surface area contributed by atoms with Gasteiger partial charge in [0.05, 0.1) is 23.0 Å². The van der Waals surface area contributed by atoms with E-state index < -0.39 is 29.1 Å². The summed E-state index contributed by atoms with van der Waals surface area (Å²) in [6.45, 7) is 4.55. The Hall–Kier alpha value is -3.05. The summed E-state index contributed by atoms with van der Waals surface area (Å²) < 4.78 is 8.27. The minimum Gasteiger partial charge on any atom is -0.396 e. The highest BCUT2D eigenvalue weighted by molar-refractivity contribution is 5.99. The molecule has 4 heterocycles. The molecule has 37 heavy (non-hydrogen) atoms. The van der Waals surface area contributed by atoms with Crippen LogP contribution in [0.3, 0.4) is 0 Å². The summed E-state index contributed by atoms with van der Waals surface area (Å²) in [5.41, 5.74) is -0.374. The molecule has 3 amide bonds. The summed E-state index contributed by atoms with van der Waals surface area (Å²) in [5, 5.41) is 23.1. The molecule has 3 unspecified atom stereocenters. The van der Waals surface area contributed by atoms with E-state index in [-0.39, 0.29) is 36.9 Å². The van der Waals surface area contributed by atoms with E-state index in [1.807, 2.05) is 38.1 Å². The summed E-state index contributed by atoms with van der Waals surface area (Å²) in [6.07, 6.45) is 3.60. The molecule has 1 aromatic carbocycles. The van der Waals surface area contributed by atoms with Gasteiger partial charge in [-0.15, -0.1) is 5.10 Å². The van der Waals surface area contributed by atoms with Gasteiger partial charge in [-0.1, -0.05) is 37.1 Å². The smallest absolute Gasteiger partial charge is 0.247 e. The first-order chi connectivity index (χ1) is 17.8. The molecule has 0 saturated carbocycles. The first kappa shape index (κ1) is 25.6. The highest BCUT2D eigenvalue weighted by Gasteiger charge is 2.79. The number of ether oxygens (including phenoxy) is 1. The molecular formula is C26H36N6O5. The molecule has 1 aromatic heterocycles. The molecule has 3 aliphatic heterocycles. The van der Waals surface area contributed by atoms with Gasteiger partial charge in [0, 0.05) is 20.2 Å². The number of carbonyl (C=O) groups excluding carboxylic acids is 3. The number of aliphatic hydroxyl groups excluding tert-OH is 1. The molecule has 11 nitrogen and oxygen atoms in total. The number of nitrogens with one attached hydrogen (secondary N) is 2. The number of nitrogens with zero attached hydrogens (tertiary/aromatic N) is 4. The molecule has 11 heteroatoms. The van der Waals surface area contributed by atoms with Crippen molar-refractivity contribution in [3.63, 3.8) is 0 Å². The number of amides is 3. The molecule has 3 saturated heterocycles. The average Bonchev–Trinajstić information content (AvgIpc) is 3.56. The lowest BCUT2D eigenvalue weighted by Gasteiger charge is -2.36. The second-order valence-corrected chi connectivity index (χ2v) is 10.8. The number of unbranched alkanes of at least 4 members (excludes halogenated alkanes) is 3. The molecule has 2 aromatic rings. The van der Waals surface area contributed by atoms with Crippen molar-refractivity contribution in [3.05, 3.63) is 24.3 Å². The van der Waals surface area contributed by atoms with Gasteiger partial charge in [-0.05, 0) is 44.2 Å². The third-order valence-corrected chi connectivity index (χ3v) is 8.72. The summed E-state index contributed by atoms with van der Waals surface area (Å²) in [7, 11) is 1.57. The lowest BCUT2D eigenvalue weighted by atomic mass is 9.62. The molecule has 2 bridgehead atoms. The quantitative estimate of drug-likeness (QED) is 0.401. The van der Waals surface area contributed by atoms with Crippen molar-refractivity contribution >= 4 is 28.8 Å². The van der Waals surface area contributed by atoms with E-state index in [2.05, 4.69) is 20.9 Å². The van der Waals surface area contributed by atoms with Crippen LogP contribution in [0.1, 0.15) is 46.0 Å². The molecular weight excluding hydrogens is 476 g/mol. The van der Waals surface area contributed by atoms with Crippen LogP contribution in [0.2, 0.25) is 0 Å². The van der Waals surface area contributed by atoms with Gasteiger partial charge in [0.25, 0.3) is 0 Å². The maximum Gasteiger partial charge on any atom is 0.247 e. The molecule has 5 rings (SSSR count). The van der Waals surface area contributed by atoms with Crippen LogP contribution in [0.15, 0.2) is 24.3 Å². The fourth-order valence-corrected chi connectivity index (χ4v) is 6.87. The highest BCUT2D eigenvalue weighted by atomic mass is 16.5. The van der Waals surface area contributed by atoms with E-state index in [1.54, 1.807) is 16.6 Å². The predicted molar refractivity (Wildman–Crippen MR) is 134 cm³/mol. The second kappa shape index (κ2) is 9.68. The Kier molecular flexibility index (Phi) is 6.70. The van der Waals surface area contributed by atoms with Crippen LogP contribution in [0.5, 0.6) is 0 Å². The van der Waals surface area contributed by atoms with E-state index in [0.29, 0.717) is 25.8 Å². The maximum absolute atomic E-state index is 13.9. The van der Waals surface area contributed by atoms with Gasteiger partial charge in [0.1, 0.15) is 23.8 Å². The number of aromatic nitrogens is 3. The van der Waals surface area contributed by atoms with E-state index in [0.717, 1.165) is 23.9 Å². The number of likely N-dealkylation sites (tertiary alicyclic amines) is 1. The maximum atomic E-state index is 13.9. The van der Waals surface area contributed by atoms with Crippen molar-refractivity contribution in [2.45, 2.75) is 69.9 Å². The first-order valence-electron chi connectivity index (χ1n) is 13.2. The van der Waals surface area contributed by atoms with Crippen LogP contribution < -0.4 is 10.6 Å². The van der Waals surface area contributed by atoms with E-state index in [4.69, 9.17) is 9.84 Å². The highest BCUT2D eigenvalue weighted by Crippen LogP contribution is 2.65. The van der Waals surface area contributed by atoms with E-state index >= 15 is 0 Å². The van der Waals surface area contributed by atoms with Crippen molar-refractivity contribution in [1.82, 2.24) is 30.5 Å². The Labute approximate surface area is 215 Å². The minimum absolute atomic E-state index is 0.00193. The number of benzene rings is 1. The van der Waals surface area contributed by atoms with E-state index in [1.165, 1.54) is 0 Å². The van der Waals surface area contributed by atoms with Crippen LogP contribution in [0, 0.1) is 17.8 Å². The third-order valence-electron chi connectivity index (χ3n) is 8.72. The topological polar surface area (TPSA) is 139 Å².